The Morgan fingerprint density at radius 1 is 1.07 bits per heavy atom. The highest BCUT2D eigenvalue weighted by molar-refractivity contribution is 5.69. The van der Waals surface area contributed by atoms with Crippen LogP contribution in [0.25, 0.3) is 11.1 Å². The van der Waals surface area contributed by atoms with E-state index in [2.05, 4.69) is 41.7 Å². The number of hydrogen-bond donors (Lipinski definition) is 1. The normalized spacial score (nSPS) is 17.4. The Kier molecular flexibility index (Phi) is 6.17. The minimum absolute atomic E-state index is 0.169. The first-order valence-corrected chi connectivity index (χ1v) is 9.77. The van der Waals surface area contributed by atoms with Crippen molar-refractivity contribution in [2.75, 3.05) is 13.1 Å². The highest BCUT2D eigenvalue weighted by Crippen LogP contribution is 2.22. The van der Waals surface area contributed by atoms with Crippen molar-refractivity contribution in [1.82, 2.24) is 10.2 Å². The molecule has 1 heterocycles. The third-order valence-corrected chi connectivity index (χ3v) is 4.75. The largest absolute Gasteiger partial charge is 0.444 e. The fraction of sp³-hybridized carbons (Fsp3) is 0.435. The van der Waals surface area contributed by atoms with Crippen LogP contribution in [0.5, 0.6) is 0 Å². The van der Waals surface area contributed by atoms with Gasteiger partial charge in [-0.1, -0.05) is 54.6 Å². The predicted molar refractivity (Wildman–Crippen MR) is 110 cm³/mol. The molecule has 0 spiro atoms. The number of ether oxygens (including phenoxy) is 1. The Morgan fingerprint density at radius 3 is 2.33 bits per heavy atom. The molecular weight excluding hydrogens is 336 g/mol. The van der Waals surface area contributed by atoms with E-state index in [0.717, 1.165) is 31.5 Å². The molecule has 1 aliphatic rings. The van der Waals surface area contributed by atoms with Crippen LogP contribution in [0.4, 0.5) is 4.79 Å². The molecule has 0 saturated carbocycles. The molecule has 1 aliphatic heterocycles. The lowest BCUT2D eigenvalue weighted by molar-refractivity contribution is 0.0114. The molecule has 4 heteroatoms. The van der Waals surface area contributed by atoms with Crippen LogP contribution in [-0.4, -0.2) is 35.7 Å². The summed E-state index contributed by atoms with van der Waals surface area (Å²) < 4.78 is 5.68. The van der Waals surface area contributed by atoms with Crippen LogP contribution in [0.2, 0.25) is 0 Å². The lowest BCUT2D eigenvalue weighted by atomic mass is 10.0. The van der Waals surface area contributed by atoms with E-state index in [1.165, 1.54) is 11.1 Å². The standard InChI is InChI=1S/C23H30N2O2/c1-23(2,3)27-22(26)25(21-10-7-15-24-16-21)17-18-11-13-20(14-12-18)19-8-5-4-6-9-19/h4-6,8-9,11-14,21,24H,7,10,15-17H2,1-3H3/t21-/m1/s1. The number of piperidine rings is 1. The molecule has 1 fully saturated rings. The van der Waals surface area contributed by atoms with Gasteiger partial charge in [0, 0.05) is 19.1 Å². The summed E-state index contributed by atoms with van der Waals surface area (Å²) >= 11 is 0. The summed E-state index contributed by atoms with van der Waals surface area (Å²) in [5.41, 5.74) is 3.01. The van der Waals surface area contributed by atoms with Gasteiger partial charge < -0.3 is 10.1 Å². The zero-order chi connectivity index (χ0) is 19.3. The van der Waals surface area contributed by atoms with Crippen LogP contribution in [0.1, 0.15) is 39.2 Å². The molecule has 0 aromatic heterocycles. The molecule has 0 aliphatic carbocycles. The number of carbonyl (C=O) groups is 1. The molecule has 1 N–H and O–H groups in total. The topological polar surface area (TPSA) is 41.6 Å². The number of benzene rings is 2. The summed E-state index contributed by atoms with van der Waals surface area (Å²) in [5.74, 6) is 0. The van der Waals surface area contributed by atoms with Gasteiger partial charge in [-0.2, -0.15) is 0 Å². The maximum atomic E-state index is 12.8. The van der Waals surface area contributed by atoms with Crippen LogP contribution < -0.4 is 5.32 Å². The summed E-state index contributed by atoms with van der Waals surface area (Å²) in [6.07, 6.45) is 1.86. The molecule has 1 amide bonds. The predicted octanol–water partition coefficient (Wildman–Crippen LogP) is 4.84. The third kappa shape index (κ3) is 5.57. The van der Waals surface area contributed by atoms with Crippen LogP contribution >= 0.6 is 0 Å². The summed E-state index contributed by atoms with van der Waals surface area (Å²) in [6.45, 7) is 8.15. The third-order valence-electron chi connectivity index (χ3n) is 4.75. The van der Waals surface area contributed by atoms with E-state index in [1.807, 2.05) is 43.9 Å². The minimum atomic E-state index is -0.491. The molecule has 1 atom stereocenters. The molecule has 0 radical (unpaired) electrons. The molecule has 0 bridgehead atoms. The number of nitrogens with one attached hydrogen (secondary N) is 1. The van der Waals surface area contributed by atoms with Crippen molar-refractivity contribution in [1.29, 1.82) is 0 Å². The number of nitrogens with zero attached hydrogens (tertiary/aromatic N) is 1. The fourth-order valence-corrected chi connectivity index (χ4v) is 3.39. The van der Waals surface area contributed by atoms with Crippen molar-refractivity contribution in [2.45, 2.75) is 51.8 Å². The van der Waals surface area contributed by atoms with Gasteiger partial charge >= 0.3 is 6.09 Å². The molecule has 4 nitrogen and oxygen atoms in total. The van der Waals surface area contributed by atoms with E-state index in [9.17, 15) is 4.79 Å². The molecular formula is C23H30N2O2. The molecule has 144 valence electrons. The molecule has 1 saturated heterocycles. The average Bonchev–Trinajstić information content (AvgIpc) is 2.66. The summed E-state index contributed by atoms with van der Waals surface area (Å²) in [6, 6.07) is 19.0. The lowest BCUT2D eigenvalue weighted by Gasteiger charge is -2.36. The Hall–Kier alpha value is -2.33. The second-order valence-electron chi connectivity index (χ2n) is 8.17. The SMILES string of the molecule is CC(C)(C)OC(=O)N(Cc1ccc(-c2ccccc2)cc1)[C@@H]1CCCNC1. The van der Waals surface area contributed by atoms with E-state index in [-0.39, 0.29) is 12.1 Å². The second kappa shape index (κ2) is 8.57. The smallest absolute Gasteiger partial charge is 0.410 e. The summed E-state index contributed by atoms with van der Waals surface area (Å²) in [5, 5.41) is 3.40. The van der Waals surface area contributed by atoms with E-state index in [4.69, 9.17) is 4.74 Å². The summed E-state index contributed by atoms with van der Waals surface area (Å²) in [7, 11) is 0. The summed E-state index contributed by atoms with van der Waals surface area (Å²) in [4.78, 5) is 14.7. The van der Waals surface area contributed by atoms with E-state index >= 15 is 0 Å². The number of hydrogen-bond acceptors (Lipinski definition) is 3. The monoisotopic (exact) mass is 366 g/mol. The van der Waals surface area contributed by atoms with Gasteiger partial charge in [0.1, 0.15) is 5.60 Å². The van der Waals surface area contributed by atoms with Crippen molar-refractivity contribution in [3.63, 3.8) is 0 Å². The fourth-order valence-electron chi connectivity index (χ4n) is 3.39. The van der Waals surface area contributed by atoms with Crippen LogP contribution in [0, 0.1) is 0 Å². The molecule has 2 aromatic carbocycles. The van der Waals surface area contributed by atoms with Crippen LogP contribution in [0.15, 0.2) is 54.6 Å². The van der Waals surface area contributed by atoms with E-state index in [0.29, 0.717) is 6.54 Å². The van der Waals surface area contributed by atoms with Gasteiger partial charge in [0.15, 0.2) is 0 Å². The average molecular weight is 367 g/mol. The van der Waals surface area contributed by atoms with Crippen molar-refractivity contribution < 1.29 is 9.53 Å². The van der Waals surface area contributed by atoms with Gasteiger partial charge in [0.25, 0.3) is 0 Å². The van der Waals surface area contributed by atoms with E-state index in [1.54, 1.807) is 0 Å². The quantitative estimate of drug-likeness (QED) is 0.841. The van der Waals surface area contributed by atoms with Gasteiger partial charge in [-0.25, -0.2) is 4.79 Å². The highest BCUT2D eigenvalue weighted by atomic mass is 16.6. The first-order chi connectivity index (χ1) is 12.9. The van der Waals surface area contributed by atoms with Gasteiger partial charge in [-0.05, 0) is 56.8 Å². The molecule has 2 aromatic rings. The Bertz CT molecular complexity index is 729. The zero-order valence-corrected chi connectivity index (χ0v) is 16.6. The van der Waals surface area contributed by atoms with Crippen molar-refractivity contribution >= 4 is 6.09 Å². The van der Waals surface area contributed by atoms with Crippen molar-refractivity contribution in [2.24, 2.45) is 0 Å². The van der Waals surface area contributed by atoms with Crippen molar-refractivity contribution in [3.05, 3.63) is 60.2 Å². The lowest BCUT2D eigenvalue weighted by Crippen LogP contribution is -2.49. The van der Waals surface area contributed by atoms with Crippen LogP contribution in [-0.2, 0) is 11.3 Å². The van der Waals surface area contributed by atoms with Gasteiger partial charge in [0.05, 0.1) is 0 Å². The number of amides is 1. The van der Waals surface area contributed by atoms with Gasteiger partial charge in [-0.15, -0.1) is 0 Å². The minimum Gasteiger partial charge on any atom is -0.444 e. The van der Waals surface area contributed by atoms with Crippen molar-refractivity contribution in [3.8, 4) is 11.1 Å². The van der Waals surface area contributed by atoms with Gasteiger partial charge in [-0.3, -0.25) is 4.90 Å². The van der Waals surface area contributed by atoms with Crippen LogP contribution in [0.3, 0.4) is 0 Å². The maximum Gasteiger partial charge on any atom is 0.410 e. The number of rotatable bonds is 4. The highest BCUT2D eigenvalue weighted by Gasteiger charge is 2.29. The van der Waals surface area contributed by atoms with E-state index < -0.39 is 5.60 Å². The maximum absolute atomic E-state index is 12.8. The Morgan fingerprint density at radius 2 is 1.74 bits per heavy atom. The Balaban J connectivity index is 1.75. The molecule has 0 unspecified atom stereocenters. The molecule has 27 heavy (non-hydrogen) atoms. The zero-order valence-electron chi connectivity index (χ0n) is 16.6. The first-order valence-electron chi connectivity index (χ1n) is 9.77. The molecule has 3 rings (SSSR count). The number of carbonyl (C=O) groups excluding carboxylic acids is 1. The van der Waals surface area contributed by atoms with Gasteiger partial charge in [0.2, 0.25) is 0 Å². The first kappa shape index (κ1) is 19.4. The Labute approximate surface area is 162 Å². The second-order valence-corrected chi connectivity index (χ2v) is 8.17.